The van der Waals surface area contributed by atoms with Gasteiger partial charge in [0.1, 0.15) is 12.4 Å². The molecule has 37 heavy (non-hydrogen) atoms. The molecule has 1 N–H and O–H groups in total. The van der Waals surface area contributed by atoms with Crippen LogP contribution in [0.15, 0.2) is 49.1 Å². The second-order valence-electron chi connectivity index (χ2n) is 8.66. The Kier molecular flexibility index (Phi) is 24.7. The molecule has 0 atom stereocenters. The maximum absolute atomic E-state index is 5.69. The molecule has 0 aromatic heterocycles. The van der Waals surface area contributed by atoms with Gasteiger partial charge in [0.05, 0.1) is 46.2 Å². The summed E-state index contributed by atoms with van der Waals surface area (Å²) in [5, 5.41) is 0. The van der Waals surface area contributed by atoms with E-state index in [1.165, 1.54) is 44.9 Å². The highest BCUT2D eigenvalue weighted by Crippen LogP contribution is 2.11. The van der Waals surface area contributed by atoms with Crippen molar-refractivity contribution in [2.45, 2.75) is 51.4 Å². The van der Waals surface area contributed by atoms with Crippen molar-refractivity contribution in [1.82, 2.24) is 0 Å². The molecule has 6 nitrogen and oxygen atoms in total. The van der Waals surface area contributed by atoms with Gasteiger partial charge in [-0.3, -0.25) is 0 Å². The van der Waals surface area contributed by atoms with Gasteiger partial charge in [0, 0.05) is 12.2 Å². The molecule has 0 amide bonds. The number of ether oxygens (including phenoxy) is 5. The first-order valence-corrected chi connectivity index (χ1v) is 14.5. The summed E-state index contributed by atoms with van der Waals surface area (Å²) in [7, 11) is 0. The van der Waals surface area contributed by atoms with E-state index in [0.29, 0.717) is 52.9 Å². The molecule has 0 saturated heterocycles. The highest BCUT2D eigenvalue weighted by Gasteiger charge is 1.96. The Morgan fingerprint density at radius 1 is 0.649 bits per heavy atom. The van der Waals surface area contributed by atoms with Crippen molar-refractivity contribution in [1.29, 1.82) is 0 Å². The fourth-order valence-electron chi connectivity index (χ4n) is 3.39. The zero-order valence-corrected chi connectivity index (χ0v) is 23.6. The van der Waals surface area contributed by atoms with Gasteiger partial charge < -0.3 is 23.7 Å². The quantitative estimate of drug-likeness (QED) is 0.0754. The van der Waals surface area contributed by atoms with E-state index in [1.807, 2.05) is 48.7 Å². The van der Waals surface area contributed by atoms with Gasteiger partial charge in [-0.05, 0) is 55.0 Å². The average Bonchev–Trinajstić information content (AvgIpc) is 2.92. The standard InChI is InChI=1S/C30H49NO5S/c1-2-17-31-28-29-13-15-30(16-14-29)36-20-11-10-19-33-22-24-35-26-25-34-23-21-32-18-9-7-5-3-4-6-8-12-27-37/h2,10-11,13-16,28,37H,1,3-9,12,17-27H2/p+1/b11-10+,31-28?. The molecule has 0 unspecified atom stereocenters. The van der Waals surface area contributed by atoms with Gasteiger partial charge in [0.15, 0.2) is 12.8 Å². The molecule has 0 aliphatic rings. The monoisotopic (exact) mass is 536 g/mol. The van der Waals surface area contributed by atoms with Crippen LogP contribution in [0.5, 0.6) is 5.75 Å². The van der Waals surface area contributed by atoms with Gasteiger partial charge in [-0.2, -0.15) is 12.6 Å². The van der Waals surface area contributed by atoms with E-state index in [2.05, 4.69) is 24.2 Å². The molecule has 0 spiro atoms. The van der Waals surface area contributed by atoms with Crippen LogP contribution in [0.25, 0.3) is 0 Å². The smallest absolute Gasteiger partial charge is 0.169 e. The Bertz CT molecular complexity index is 681. The van der Waals surface area contributed by atoms with Crippen molar-refractivity contribution in [2.24, 2.45) is 0 Å². The van der Waals surface area contributed by atoms with Crippen LogP contribution >= 0.6 is 12.6 Å². The molecule has 0 radical (unpaired) electrons. The third kappa shape index (κ3) is 23.2. The Balaban J connectivity index is 1.78. The molecular formula is C30H50NO5S+. The van der Waals surface area contributed by atoms with E-state index in [4.69, 9.17) is 23.7 Å². The minimum atomic E-state index is 0.510. The maximum Gasteiger partial charge on any atom is 0.169 e. The van der Waals surface area contributed by atoms with Crippen LogP contribution < -0.4 is 9.73 Å². The highest BCUT2D eigenvalue weighted by molar-refractivity contribution is 7.80. The average molecular weight is 537 g/mol. The van der Waals surface area contributed by atoms with Crippen LogP contribution in [0.1, 0.15) is 56.9 Å². The van der Waals surface area contributed by atoms with Crippen LogP contribution in [0, 0.1) is 0 Å². The minimum absolute atomic E-state index is 0.510. The Hall–Kier alpha value is -1.64. The third-order valence-electron chi connectivity index (χ3n) is 5.45. The predicted molar refractivity (Wildman–Crippen MR) is 156 cm³/mol. The second-order valence-corrected chi connectivity index (χ2v) is 9.10. The van der Waals surface area contributed by atoms with E-state index in [-0.39, 0.29) is 0 Å². The molecule has 1 aromatic carbocycles. The number of hydrogen-bond acceptors (Lipinski definition) is 6. The third-order valence-corrected chi connectivity index (χ3v) is 5.77. The van der Waals surface area contributed by atoms with Gasteiger partial charge in [0.2, 0.25) is 0 Å². The highest BCUT2D eigenvalue weighted by atomic mass is 32.1. The fraction of sp³-hybridized carbons (Fsp3) is 0.633. The second kappa shape index (κ2) is 27.4. The topological polar surface area (TPSA) is 60.1 Å². The summed E-state index contributed by atoms with van der Waals surface area (Å²) in [5.41, 5.74) is 1.10. The number of benzene rings is 1. The Morgan fingerprint density at radius 3 is 1.81 bits per heavy atom. The SMILES string of the molecule is C=CC[NH+]=Cc1ccc(OC/C=C/COCCOCCOCCOCCCCCCCCCCS)cc1. The number of unbranched alkanes of at least 4 members (excludes halogenated alkanes) is 7. The molecule has 0 fully saturated rings. The van der Waals surface area contributed by atoms with Crippen molar-refractivity contribution in [3.63, 3.8) is 0 Å². The maximum atomic E-state index is 5.69. The molecule has 0 saturated carbocycles. The molecular weight excluding hydrogens is 486 g/mol. The van der Waals surface area contributed by atoms with Crippen LogP contribution in [0.2, 0.25) is 0 Å². The van der Waals surface area contributed by atoms with Crippen molar-refractivity contribution in [3.8, 4) is 5.75 Å². The molecule has 0 aliphatic carbocycles. The summed E-state index contributed by atoms with van der Waals surface area (Å²) >= 11 is 4.24. The summed E-state index contributed by atoms with van der Waals surface area (Å²) < 4.78 is 27.9. The van der Waals surface area contributed by atoms with Crippen molar-refractivity contribution in [3.05, 3.63) is 54.6 Å². The first-order valence-electron chi connectivity index (χ1n) is 13.8. The summed E-state index contributed by atoms with van der Waals surface area (Å²) in [4.78, 5) is 3.15. The van der Waals surface area contributed by atoms with Crippen LogP contribution in [-0.4, -0.2) is 78.0 Å². The first kappa shape index (κ1) is 33.4. The Labute approximate surface area is 230 Å². The lowest BCUT2D eigenvalue weighted by Gasteiger charge is -2.07. The van der Waals surface area contributed by atoms with E-state index in [9.17, 15) is 0 Å². The fourth-order valence-corrected chi connectivity index (χ4v) is 3.61. The summed E-state index contributed by atoms with van der Waals surface area (Å²) in [6, 6.07) is 7.93. The Morgan fingerprint density at radius 2 is 1.19 bits per heavy atom. The van der Waals surface area contributed by atoms with E-state index in [1.54, 1.807) is 0 Å². The van der Waals surface area contributed by atoms with Gasteiger partial charge >= 0.3 is 0 Å². The van der Waals surface area contributed by atoms with Crippen molar-refractivity contribution < 1.29 is 28.7 Å². The van der Waals surface area contributed by atoms with Crippen LogP contribution in [0.3, 0.4) is 0 Å². The molecule has 1 aromatic rings. The molecule has 1 rings (SSSR count). The normalized spacial score (nSPS) is 11.6. The van der Waals surface area contributed by atoms with Gasteiger partial charge in [-0.1, -0.05) is 51.2 Å². The number of nitrogens with one attached hydrogen (secondary N) is 1. The van der Waals surface area contributed by atoms with Gasteiger partial charge in [-0.15, -0.1) is 0 Å². The van der Waals surface area contributed by atoms with Crippen molar-refractivity contribution in [2.75, 3.05) is 71.8 Å². The van der Waals surface area contributed by atoms with Crippen LogP contribution in [-0.2, 0) is 18.9 Å². The first-order chi connectivity index (χ1) is 18.4. The molecule has 7 heteroatoms. The van der Waals surface area contributed by atoms with Gasteiger partial charge in [0.25, 0.3) is 0 Å². The van der Waals surface area contributed by atoms with Crippen molar-refractivity contribution >= 4 is 18.8 Å². The predicted octanol–water partition coefficient (Wildman–Crippen LogP) is 4.42. The number of thiol groups is 1. The zero-order valence-electron chi connectivity index (χ0n) is 22.7. The molecule has 210 valence electrons. The number of hydrogen-bond donors (Lipinski definition) is 2. The van der Waals surface area contributed by atoms with Crippen LogP contribution in [0.4, 0.5) is 0 Å². The zero-order chi connectivity index (χ0) is 26.5. The largest absolute Gasteiger partial charge is 0.490 e. The lowest BCUT2D eigenvalue weighted by Crippen LogP contribution is -2.68. The molecule has 0 heterocycles. The number of rotatable bonds is 27. The lowest BCUT2D eigenvalue weighted by atomic mass is 10.1. The summed E-state index contributed by atoms with van der Waals surface area (Å²) in [6.07, 6.45) is 18.0. The summed E-state index contributed by atoms with van der Waals surface area (Å²) in [5.74, 6) is 1.86. The minimum Gasteiger partial charge on any atom is -0.490 e. The van der Waals surface area contributed by atoms with E-state index < -0.39 is 0 Å². The van der Waals surface area contributed by atoms with E-state index >= 15 is 0 Å². The van der Waals surface area contributed by atoms with E-state index in [0.717, 1.165) is 36.6 Å². The summed E-state index contributed by atoms with van der Waals surface area (Å²) in [6.45, 7) is 9.85. The molecule has 0 aliphatic heterocycles. The molecule has 0 bridgehead atoms. The van der Waals surface area contributed by atoms with Gasteiger partial charge in [-0.25, -0.2) is 4.99 Å². The lowest BCUT2D eigenvalue weighted by molar-refractivity contribution is -0.438.